The molecule has 0 unspecified atom stereocenters. The zero-order valence-electron chi connectivity index (χ0n) is 15.1. The van der Waals surface area contributed by atoms with E-state index in [1.807, 2.05) is 58.2 Å². The topological polar surface area (TPSA) is 58.2 Å². The Morgan fingerprint density at radius 1 is 1.32 bits per heavy atom. The Kier molecular flexibility index (Phi) is 4.66. The van der Waals surface area contributed by atoms with Gasteiger partial charge in [0, 0.05) is 22.8 Å². The van der Waals surface area contributed by atoms with E-state index in [4.69, 9.17) is 9.72 Å². The molecule has 0 spiro atoms. The van der Waals surface area contributed by atoms with E-state index in [2.05, 4.69) is 20.9 Å². The zero-order chi connectivity index (χ0) is 18.2. The van der Waals surface area contributed by atoms with Gasteiger partial charge in [0.25, 0.3) is 0 Å². The summed E-state index contributed by atoms with van der Waals surface area (Å²) in [5.41, 5.74) is 0.929. The van der Waals surface area contributed by atoms with Crippen LogP contribution in [0.2, 0.25) is 0 Å². The molecule has 1 aliphatic heterocycles. The Hall–Kier alpha value is -1.82. The van der Waals surface area contributed by atoms with Crippen molar-refractivity contribution in [2.75, 3.05) is 6.54 Å². The van der Waals surface area contributed by atoms with Crippen LogP contribution in [0.25, 0.3) is 11.3 Å². The summed E-state index contributed by atoms with van der Waals surface area (Å²) in [6.07, 6.45) is 3.41. The van der Waals surface area contributed by atoms with Crippen LogP contribution in [0.15, 0.2) is 34.9 Å². The molecule has 25 heavy (non-hydrogen) atoms. The molecule has 134 valence electrons. The lowest BCUT2D eigenvalue weighted by molar-refractivity contribution is 0.00867. The Morgan fingerprint density at radius 3 is 2.64 bits per heavy atom. The van der Waals surface area contributed by atoms with Crippen molar-refractivity contribution in [3.05, 3.63) is 40.8 Å². The van der Waals surface area contributed by atoms with E-state index >= 15 is 0 Å². The summed E-state index contributed by atoms with van der Waals surface area (Å²) < 4.78 is 6.62. The van der Waals surface area contributed by atoms with Crippen molar-refractivity contribution in [1.29, 1.82) is 0 Å². The fourth-order valence-corrected chi connectivity index (χ4v) is 3.45. The van der Waals surface area contributed by atoms with Gasteiger partial charge in [-0.1, -0.05) is 28.1 Å². The highest BCUT2D eigenvalue weighted by Crippen LogP contribution is 2.38. The van der Waals surface area contributed by atoms with Crippen LogP contribution in [-0.2, 0) is 10.3 Å². The quantitative estimate of drug-likeness (QED) is 0.756. The van der Waals surface area contributed by atoms with E-state index in [9.17, 15) is 4.79 Å². The number of benzene rings is 1. The molecule has 1 N–H and O–H groups in total. The molecule has 0 aliphatic carbocycles. The number of imidazole rings is 1. The number of nitrogens with zero attached hydrogens (tertiary/aromatic N) is 2. The second-order valence-electron chi connectivity index (χ2n) is 7.65. The second kappa shape index (κ2) is 6.48. The van der Waals surface area contributed by atoms with Crippen LogP contribution in [-0.4, -0.2) is 33.1 Å². The van der Waals surface area contributed by atoms with Gasteiger partial charge in [-0.3, -0.25) is 4.90 Å². The first-order valence-corrected chi connectivity index (χ1v) is 9.31. The molecule has 5 nitrogen and oxygen atoms in total. The van der Waals surface area contributed by atoms with Crippen molar-refractivity contribution < 1.29 is 9.53 Å². The van der Waals surface area contributed by atoms with E-state index < -0.39 is 11.1 Å². The number of aromatic nitrogens is 2. The van der Waals surface area contributed by atoms with Crippen molar-refractivity contribution in [2.24, 2.45) is 0 Å². The van der Waals surface area contributed by atoms with E-state index in [1.54, 1.807) is 4.90 Å². The van der Waals surface area contributed by atoms with Crippen molar-refractivity contribution in [3.63, 3.8) is 0 Å². The maximum atomic E-state index is 12.6. The molecule has 1 aromatic heterocycles. The fourth-order valence-electron chi connectivity index (χ4n) is 3.19. The molecule has 0 bridgehead atoms. The molecule has 2 aromatic rings. The van der Waals surface area contributed by atoms with Crippen LogP contribution < -0.4 is 0 Å². The van der Waals surface area contributed by atoms with Crippen LogP contribution >= 0.6 is 15.9 Å². The minimum atomic E-state index is -0.508. The molecule has 1 aliphatic rings. The lowest BCUT2D eigenvalue weighted by Crippen LogP contribution is -2.46. The van der Waals surface area contributed by atoms with E-state index in [1.165, 1.54) is 0 Å². The number of nitrogens with one attached hydrogen (secondary N) is 1. The minimum Gasteiger partial charge on any atom is -0.444 e. The molecule has 1 saturated heterocycles. The highest BCUT2D eigenvalue weighted by atomic mass is 79.9. The van der Waals surface area contributed by atoms with Gasteiger partial charge >= 0.3 is 6.09 Å². The molecule has 3 rings (SSSR count). The Morgan fingerprint density at radius 2 is 2.00 bits per heavy atom. The monoisotopic (exact) mass is 405 g/mol. The number of amides is 1. The largest absolute Gasteiger partial charge is 0.444 e. The van der Waals surface area contributed by atoms with E-state index in [0.717, 1.165) is 34.4 Å². The molecule has 0 saturated carbocycles. The highest BCUT2D eigenvalue weighted by Gasteiger charge is 2.45. The summed E-state index contributed by atoms with van der Waals surface area (Å²) in [5, 5.41) is 0. The number of aromatic amines is 1. The summed E-state index contributed by atoms with van der Waals surface area (Å²) in [4.78, 5) is 22.5. The number of hydrogen-bond acceptors (Lipinski definition) is 3. The molecule has 1 aromatic carbocycles. The lowest BCUT2D eigenvalue weighted by Gasteiger charge is -2.34. The number of H-pyrrole nitrogens is 1. The van der Waals surface area contributed by atoms with Gasteiger partial charge in [0.05, 0.1) is 5.69 Å². The van der Waals surface area contributed by atoms with Crippen molar-refractivity contribution in [2.45, 2.75) is 51.7 Å². The van der Waals surface area contributed by atoms with Gasteiger partial charge in [0.2, 0.25) is 0 Å². The summed E-state index contributed by atoms with van der Waals surface area (Å²) in [6.45, 7) is 8.39. The number of rotatable bonds is 2. The standard InChI is InChI=1S/C19H24BrN3O2/c1-18(2,3)25-17(24)23-11-5-10-19(23,4)16-21-12-15(22-16)13-6-8-14(20)9-7-13/h6-9,12H,5,10-11H2,1-4H3,(H,21,22)/t19-/m0/s1. The Balaban J connectivity index is 1.87. The van der Waals surface area contributed by atoms with Crippen LogP contribution in [0.3, 0.4) is 0 Å². The Labute approximate surface area is 156 Å². The normalized spacial score (nSPS) is 20.8. The summed E-state index contributed by atoms with van der Waals surface area (Å²) >= 11 is 3.45. The van der Waals surface area contributed by atoms with Gasteiger partial charge in [-0.05, 0) is 52.7 Å². The number of carbonyl (C=O) groups is 1. The number of carbonyl (C=O) groups excluding carboxylic acids is 1. The molecular weight excluding hydrogens is 382 g/mol. The van der Waals surface area contributed by atoms with Crippen molar-refractivity contribution in [1.82, 2.24) is 14.9 Å². The van der Waals surface area contributed by atoms with Crippen molar-refractivity contribution >= 4 is 22.0 Å². The number of halogens is 1. The van der Waals surface area contributed by atoms with Gasteiger partial charge < -0.3 is 9.72 Å². The van der Waals surface area contributed by atoms with Gasteiger partial charge in [0.1, 0.15) is 17.0 Å². The van der Waals surface area contributed by atoms with Crippen LogP contribution in [0.5, 0.6) is 0 Å². The number of likely N-dealkylation sites (tertiary alicyclic amines) is 1. The molecule has 1 fully saturated rings. The highest BCUT2D eigenvalue weighted by molar-refractivity contribution is 9.10. The smallest absolute Gasteiger partial charge is 0.411 e. The van der Waals surface area contributed by atoms with Crippen molar-refractivity contribution in [3.8, 4) is 11.3 Å². The predicted molar refractivity (Wildman–Crippen MR) is 101 cm³/mol. The third kappa shape index (κ3) is 3.73. The SMILES string of the molecule is CC(C)(C)OC(=O)N1CCC[C@@]1(C)c1nc(-c2ccc(Br)cc2)c[nH]1. The maximum absolute atomic E-state index is 12.6. The van der Waals surface area contributed by atoms with E-state index in [0.29, 0.717) is 6.54 Å². The average Bonchev–Trinajstić information content (AvgIpc) is 3.14. The van der Waals surface area contributed by atoms with Crippen LogP contribution in [0.1, 0.15) is 46.4 Å². The lowest BCUT2D eigenvalue weighted by atomic mass is 9.98. The maximum Gasteiger partial charge on any atom is 0.411 e. The average molecular weight is 406 g/mol. The third-order valence-electron chi connectivity index (χ3n) is 4.48. The third-order valence-corrected chi connectivity index (χ3v) is 5.01. The van der Waals surface area contributed by atoms with Crippen LogP contribution in [0.4, 0.5) is 4.79 Å². The van der Waals surface area contributed by atoms with Gasteiger partial charge in [-0.15, -0.1) is 0 Å². The molecule has 1 amide bonds. The van der Waals surface area contributed by atoms with E-state index in [-0.39, 0.29) is 6.09 Å². The minimum absolute atomic E-state index is 0.283. The molecule has 1 atom stereocenters. The number of ether oxygens (including phenoxy) is 1. The summed E-state index contributed by atoms with van der Waals surface area (Å²) in [6, 6.07) is 8.03. The molecule has 6 heteroatoms. The summed E-state index contributed by atoms with van der Waals surface area (Å²) in [5.74, 6) is 0.800. The van der Waals surface area contributed by atoms with Gasteiger partial charge in [0.15, 0.2) is 0 Å². The molecular formula is C19H24BrN3O2. The predicted octanol–water partition coefficient (Wildman–Crippen LogP) is 5.09. The molecule has 0 radical (unpaired) electrons. The number of hydrogen-bond donors (Lipinski definition) is 1. The van der Waals surface area contributed by atoms with Gasteiger partial charge in [-0.25, -0.2) is 9.78 Å². The first kappa shape index (κ1) is 18.0. The van der Waals surface area contributed by atoms with Crippen LogP contribution in [0, 0.1) is 0 Å². The molecule has 2 heterocycles. The Bertz CT molecular complexity index is 764. The first-order chi connectivity index (χ1) is 11.7. The summed E-state index contributed by atoms with van der Waals surface area (Å²) in [7, 11) is 0. The fraction of sp³-hybridized carbons (Fsp3) is 0.474. The zero-order valence-corrected chi connectivity index (χ0v) is 16.7. The first-order valence-electron chi connectivity index (χ1n) is 8.51. The second-order valence-corrected chi connectivity index (χ2v) is 8.57. The van der Waals surface area contributed by atoms with Gasteiger partial charge in [-0.2, -0.15) is 0 Å².